The van der Waals surface area contributed by atoms with Gasteiger partial charge in [0, 0.05) is 16.1 Å². The first kappa shape index (κ1) is 15.2. The fraction of sp³-hybridized carbons (Fsp3) is 0.500. The van der Waals surface area contributed by atoms with Crippen LogP contribution in [0.1, 0.15) is 29.3 Å². The molecule has 0 aliphatic carbocycles. The molecule has 0 heterocycles. The summed E-state index contributed by atoms with van der Waals surface area (Å²) in [7, 11) is 4.07. The van der Waals surface area contributed by atoms with Crippen LogP contribution in [0.15, 0.2) is 22.7 Å². The highest BCUT2D eigenvalue weighted by atomic mass is 79.9. The summed E-state index contributed by atoms with van der Waals surface area (Å²) in [6.07, 6.45) is 0.950. The Morgan fingerprint density at radius 2 is 2.11 bits per heavy atom. The molecule has 1 aromatic rings. The van der Waals surface area contributed by atoms with Crippen molar-refractivity contribution in [1.82, 2.24) is 10.2 Å². The minimum Gasteiger partial charge on any atom is -0.350 e. The van der Waals surface area contributed by atoms with Crippen molar-refractivity contribution in [2.24, 2.45) is 0 Å². The van der Waals surface area contributed by atoms with E-state index in [0.29, 0.717) is 0 Å². The van der Waals surface area contributed by atoms with Gasteiger partial charge in [0.15, 0.2) is 0 Å². The Morgan fingerprint density at radius 3 is 2.72 bits per heavy atom. The van der Waals surface area contributed by atoms with Crippen molar-refractivity contribution in [1.29, 1.82) is 0 Å². The number of carbonyl (C=O) groups excluding carboxylic acids is 1. The van der Waals surface area contributed by atoms with Crippen molar-refractivity contribution in [2.45, 2.75) is 26.3 Å². The summed E-state index contributed by atoms with van der Waals surface area (Å²) in [6, 6.07) is 5.87. The Kier molecular flexibility index (Phi) is 5.82. The van der Waals surface area contributed by atoms with Gasteiger partial charge in [-0.05, 0) is 58.6 Å². The highest BCUT2D eigenvalue weighted by molar-refractivity contribution is 9.10. The second-order valence-electron chi connectivity index (χ2n) is 4.88. The zero-order valence-corrected chi connectivity index (χ0v) is 13.0. The molecule has 0 aliphatic heterocycles. The zero-order chi connectivity index (χ0) is 13.7. The minimum atomic E-state index is 0.0000520. The van der Waals surface area contributed by atoms with Gasteiger partial charge in [-0.2, -0.15) is 0 Å². The maximum absolute atomic E-state index is 12.1. The molecule has 0 spiro atoms. The van der Waals surface area contributed by atoms with E-state index in [4.69, 9.17) is 0 Å². The van der Waals surface area contributed by atoms with Gasteiger partial charge < -0.3 is 10.2 Å². The third-order valence-corrected chi connectivity index (χ3v) is 3.76. The van der Waals surface area contributed by atoms with Crippen LogP contribution in [0.5, 0.6) is 0 Å². The average molecular weight is 313 g/mol. The van der Waals surface area contributed by atoms with Gasteiger partial charge in [0.05, 0.1) is 0 Å². The van der Waals surface area contributed by atoms with Crippen LogP contribution < -0.4 is 5.32 Å². The maximum atomic E-state index is 12.1. The highest BCUT2D eigenvalue weighted by Crippen LogP contribution is 2.19. The molecular weight excluding hydrogens is 292 g/mol. The van der Waals surface area contributed by atoms with Gasteiger partial charge in [0.1, 0.15) is 0 Å². The number of rotatable bonds is 5. The lowest BCUT2D eigenvalue weighted by molar-refractivity contribution is 0.0936. The number of benzene rings is 1. The molecule has 0 saturated carbocycles. The van der Waals surface area contributed by atoms with E-state index < -0.39 is 0 Å². The van der Waals surface area contributed by atoms with Crippen molar-refractivity contribution in [3.63, 3.8) is 0 Å². The first-order valence-corrected chi connectivity index (χ1v) is 6.92. The van der Waals surface area contributed by atoms with Crippen LogP contribution in [-0.4, -0.2) is 37.5 Å². The monoisotopic (exact) mass is 312 g/mol. The Balaban J connectivity index is 2.62. The van der Waals surface area contributed by atoms with Gasteiger partial charge in [0.25, 0.3) is 5.91 Å². The van der Waals surface area contributed by atoms with Gasteiger partial charge in [-0.3, -0.25) is 4.79 Å². The van der Waals surface area contributed by atoms with E-state index in [9.17, 15) is 4.79 Å². The molecule has 18 heavy (non-hydrogen) atoms. The van der Waals surface area contributed by atoms with Gasteiger partial charge in [-0.25, -0.2) is 0 Å². The zero-order valence-electron chi connectivity index (χ0n) is 11.5. The number of halogens is 1. The van der Waals surface area contributed by atoms with Gasteiger partial charge in [0.2, 0.25) is 0 Å². The van der Waals surface area contributed by atoms with Crippen molar-refractivity contribution >= 4 is 21.8 Å². The highest BCUT2D eigenvalue weighted by Gasteiger charge is 2.13. The lowest BCUT2D eigenvalue weighted by Gasteiger charge is -2.17. The van der Waals surface area contributed by atoms with E-state index >= 15 is 0 Å². The van der Waals surface area contributed by atoms with Crippen molar-refractivity contribution < 1.29 is 4.79 Å². The largest absolute Gasteiger partial charge is 0.350 e. The second kappa shape index (κ2) is 6.90. The standard InChI is InChI=1S/C14H21BrN2O/c1-10(8-9-17(3)4)16-14(18)12-6-5-7-13(15)11(12)2/h5-7,10H,8-9H2,1-4H3,(H,16,18). The van der Waals surface area contributed by atoms with Crippen LogP contribution >= 0.6 is 15.9 Å². The molecule has 0 bridgehead atoms. The summed E-state index contributed by atoms with van der Waals surface area (Å²) >= 11 is 3.44. The topological polar surface area (TPSA) is 32.3 Å². The first-order chi connectivity index (χ1) is 8.41. The lowest BCUT2D eigenvalue weighted by Crippen LogP contribution is -2.35. The second-order valence-corrected chi connectivity index (χ2v) is 5.73. The van der Waals surface area contributed by atoms with E-state index in [1.807, 2.05) is 46.1 Å². The molecule has 3 nitrogen and oxygen atoms in total. The number of amides is 1. The SMILES string of the molecule is Cc1c(Br)cccc1C(=O)NC(C)CCN(C)C. The average Bonchev–Trinajstić information content (AvgIpc) is 2.30. The van der Waals surface area contributed by atoms with Crippen LogP contribution in [0.25, 0.3) is 0 Å². The molecule has 100 valence electrons. The number of nitrogens with one attached hydrogen (secondary N) is 1. The van der Waals surface area contributed by atoms with Crippen LogP contribution in [-0.2, 0) is 0 Å². The number of hydrogen-bond acceptors (Lipinski definition) is 2. The number of carbonyl (C=O) groups is 1. The normalized spacial score (nSPS) is 12.6. The van der Waals surface area contributed by atoms with E-state index in [1.165, 1.54) is 0 Å². The number of hydrogen-bond donors (Lipinski definition) is 1. The Bertz CT molecular complexity index is 418. The lowest BCUT2D eigenvalue weighted by atomic mass is 10.1. The fourth-order valence-corrected chi connectivity index (χ4v) is 2.05. The van der Waals surface area contributed by atoms with E-state index in [1.54, 1.807) is 0 Å². The van der Waals surface area contributed by atoms with Gasteiger partial charge in [-0.1, -0.05) is 22.0 Å². The van der Waals surface area contributed by atoms with Crippen molar-refractivity contribution in [3.05, 3.63) is 33.8 Å². The molecule has 0 saturated heterocycles. The van der Waals surface area contributed by atoms with Crippen LogP contribution in [0.2, 0.25) is 0 Å². The molecule has 0 aliphatic rings. The Labute approximate surface area is 118 Å². The van der Waals surface area contributed by atoms with E-state index in [-0.39, 0.29) is 11.9 Å². The predicted molar refractivity (Wildman–Crippen MR) is 79.0 cm³/mol. The van der Waals surface area contributed by atoms with E-state index in [2.05, 4.69) is 26.1 Å². The van der Waals surface area contributed by atoms with Crippen LogP contribution in [0.4, 0.5) is 0 Å². The summed E-state index contributed by atoms with van der Waals surface area (Å²) in [5, 5.41) is 3.03. The molecule has 1 atom stereocenters. The van der Waals surface area contributed by atoms with Crippen molar-refractivity contribution in [3.8, 4) is 0 Å². The predicted octanol–water partition coefficient (Wildman–Crippen LogP) is 2.83. The molecule has 0 fully saturated rings. The third kappa shape index (κ3) is 4.42. The molecule has 1 N–H and O–H groups in total. The molecule has 4 heteroatoms. The summed E-state index contributed by atoms with van der Waals surface area (Å²) in [5.74, 6) is 0.0000520. The molecule has 1 amide bonds. The quantitative estimate of drug-likeness (QED) is 0.906. The molecule has 0 aromatic heterocycles. The summed E-state index contributed by atoms with van der Waals surface area (Å²) in [5.41, 5.74) is 1.72. The smallest absolute Gasteiger partial charge is 0.251 e. The van der Waals surface area contributed by atoms with Gasteiger partial charge >= 0.3 is 0 Å². The summed E-state index contributed by atoms with van der Waals surface area (Å²) in [4.78, 5) is 14.2. The van der Waals surface area contributed by atoms with Gasteiger partial charge in [-0.15, -0.1) is 0 Å². The molecule has 1 rings (SSSR count). The Hall–Kier alpha value is -0.870. The minimum absolute atomic E-state index is 0.0000520. The van der Waals surface area contributed by atoms with E-state index in [0.717, 1.165) is 28.6 Å². The number of nitrogens with zero attached hydrogens (tertiary/aromatic N) is 1. The molecule has 1 unspecified atom stereocenters. The maximum Gasteiger partial charge on any atom is 0.251 e. The first-order valence-electron chi connectivity index (χ1n) is 6.12. The fourth-order valence-electron chi connectivity index (χ4n) is 1.68. The summed E-state index contributed by atoms with van der Waals surface area (Å²) < 4.78 is 0.969. The Morgan fingerprint density at radius 1 is 1.44 bits per heavy atom. The molecule has 0 radical (unpaired) electrons. The van der Waals surface area contributed by atoms with Crippen molar-refractivity contribution in [2.75, 3.05) is 20.6 Å². The molecule has 1 aromatic carbocycles. The molecular formula is C14H21BrN2O. The van der Waals surface area contributed by atoms with Crippen LogP contribution in [0.3, 0.4) is 0 Å². The van der Waals surface area contributed by atoms with Crippen LogP contribution in [0, 0.1) is 6.92 Å². The summed E-state index contributed by atoms with van der Waals surface area (Å²) in [6.45, 7) is 4.96. The third-order valence-electron chi connectivity index (χ3n) is 2.90.